The van der Waals surface area contributed by atoms with Gasteiger partial charge in [-0.05, 0) is 17.7 Å². The van der Waals surface area contributed by atoms with Gasteiger partial charge in [-0.3, -0.25) is 0 Å². The quantitative estimate of drug-likeness (QED) is 0.881. The van der Waals surface area contributed by atoms with Gasteiger partial charge in [0.25, 0.3) is 0 Å². The number of alkyl halides is 3. The van der Waals surface area contributed by atoms with Crippen LogP contribution in [-0.4, -0.2) is 16.1 Å². The molecule has 0 saturated heterocycles. The molecule has 1 aromatic heterocycles. The molecule has 0 fully saturated rings. The number of nitrogens with one attached hydrogen (secondary N) is 2. The van der Waals surface area contributed by atoms with Crippen LogP contribution in [0.25, 0.3) is 0 Å². The van der Waals surface area contributed by atoms with Gasteiger partial charge in [-0.25, -0.2) is 4.98 Å². The highest BCUT2D eigenvalue weighted by molar-refractivity contribution is 5.45. The molecule has 0 bridgehead atoms. The summed E-state index contributed by atoms with van der Waals surface area (Å²) >= 11 is 0. The number of imidazole rings is 1. The molecule has 0 amide bonds. The summed E-state index contributed by atoms with van der Waals surface area (Å²) in [4.78, 5) is 6.92. The third-order valence-electron chi connectivity index (χ3n) is 2.35. The molecule has 18 heavy (non-hydrogen) atoms. The van der Waals surface area contributed by atoms with Crippen LogP contribution in [0.1, 0.15) is 11.4 Å². The van der Waals surface area contributed by atoms with E-state index in [2.05, 4.69) is 15.3 Å². The first kappa shape index (κ1) is 12.5. The highest BCUT2D eigenvalue weighted by Gasteiger charge is 2.27. The predicted octanol–water partition coefficient (Wildman–Crippen LogP) is 3.13. The SMILES string of the molecule is FC(F)(F)Cc1cccc(NCc2ncc[nH]2)c1. The Kier molecular flexibility index (Phi) is 3.55. The average Bonchev–Trinajstić information content (AvgIpc) is 2.77. The smallest absolute Gasteiger partial charge is 0.378 e. The van der Waals surface area contributed by atoms with Crippen molar-refractivity contribution in [3.05, 3.63) is 48.0 Å². The lowest BCUT2D eigenvalue weighted by Crippen LogP contribution is -2.11. The van der Waals surface area contributed by atoms with Crippen LogP contribution in [0.4, 0.5) is 18.9 Å². The normalized spacial score (nSPS) is 11.5. The van der Waals surface area contributed by atoms with E-state index in [1.54, 1.807) is 24.5 Å². The van der Waals surface area contributed by atoms with E-state index in [9.17, 15) is 13.2 Å². The topological polar surface area (TPSA) is 40.7 Å². The Hall–Kier alpha value is -1.98. The van der Waals surface area contributed by atoms with Gasteiger partial charge in [0.15, 0.2) is 0 Å². The molecule has 1 aromatic carbocycles. The van der Waals surface area contributed by atoms with E-state index in [0.717, 1.165) is 5.82 Å². The van der Waals surface area contributed by atoms with Gasteiger partial charge in [0, 0.05) is 18.1 Å². The first-order chi connectivity index (χ1) is 8.53. The van der Waals surface area contributed by atoms with Gasteiger partial charge in [0.1, 0.15) is 5.82 Å². The Labute approximate surface area is 102 Å². The summed E-state index contributed by atoms with van der Waals surface area (Å²) in [7, 11) is 0. The maximum atomic E-state index is 12.2. The Bertz CT molecular complexity index is 492. The number of nitrogens with zero attached hydrogens (tertiary/aromatic N) is 1. The van der Waals surface area contributed by atoms with Crippen molar-refractivity contribution in [3.63, 3.8) is 0 Å². The first-order valence-electron chi connectivity index (χ1n) is 5.41. The van der Waals surface area contributed by atoms with Crippen LogP contribution in [0.5, 0.6) is 0 Å². The van der Waals surface area contributed by atoms with E-state index in [0.29, 0.717) is 12.2 Å². The van der Waals surface area contributed by atoms with Crippen LogP contribution in [0.3, 0.4) is 0 Å². The Morgan fingerprint density at radius 2 is 2.11 bits per heavy atom. The molecule has 6 heteroatoms. The second kappa shape index (κ2) is 5.12. The summed E-state index contributed by atoms with van der Waals surface area (Å²) < 4.78 is 36.7. The zero-order chi connectivity index (χ0) is 13.0. The number of hydrogen-bond acceptors (Lipinski definition) is 2. The number of aromatic amines is 1. The summed E-state index contributed by atoms with van der Waals surface area (Å²) in [5, 5.41) is 3.01. The molecule has 2 N–H and O–H groups in total. The van der Waals surface area contributed by atoms with Crippen LogP contribution in [-0.2, 0) is 13.0 Å². The summed E-state index contributed by atoms with van der Waals surface area (Å²) in [5.74, 6) is 0.733. The number of rotatable bonds is 4. The van der Waals surface area contributed by atoms with Gasteiger partial charge in [-0.15, -0.1) is 0 Å². The van der Waals surface area contributed by atoms with Crippen molar-refractivity contribution in [2.75, 3.05) is 5.32 Å². The fourth-order valence-electron chi connectivity index (χ4n) is 1.60. The predicted molar refractivity (Wildman–Crippen MR) is 62.1 cm³/mol. The van der Waals surface area contributed by atoms with Gasteiger partial charge in [-0.2, -0.15) is 13.2 Å². The third-order valence-corrected chi connectivity index (χ3v) is 2.35. The minimum atomic E-state index is -4.18. The summed E-state index contributed by atoms with van der Waals surface area (Å²) in [6, 6.07) is 6.29. The number of aromatic nitrogens is 2. The Morgan fingerprint density at radius 3 is 2.78 bits per heavy atom. The van der Waals surface area contributed by atoms with Gasteiger partial charge in [-0.1, -0.05) is 12.1 Å². The maximum absolute atomic E-state index is 12.2. The fraction of sp³-hybridized carbons (Fsp3) is 0.250. The van der Waals surface area contributed by atoms with Gasteiger partial charge in [0.05, 0.1) is 13.0 Å². The van der Waals surface area contributed by atoms with Crippen LogP contribution in [0.15, 0.2) is 36.7 Å². The Morgan fingerprint density at radius 1 is 1.28 bits per heavy atom. The summed E-state index contributed by atoms with van der Waals surface area (Å²) in [5.41, 5.74) is 0.889. The minimum absolute atomic E-state index is 0.243. The van der Waals surface area contributed by atoms with Crippen molar-refractivity contribution in [1.82, 2.24) is 9.97 Å². The maximum Gasteiger partial charge on any atom is 0.393 e. The van der Waals surface area contributed by atoms with Crippen LogP contribution in [0.2, 0.25) is 0 Å². The highest BCUT2D eigenvalue weighted by Crippen LogP contribution is 2.22. The summed E-state index contributed by atoms with van der Waals surface area (Å²) in [6.45, 7) is 0.447. The number of halogens is 3. The van der Waals surface area contributed by atoms with Crippen LogP contribution >= 0.6 is 0 Å². The Balaban J connectivity index is 1.99. The third kappa shape index (κ3) is 3.80. The monoisotopic (exact) mass is 255 g/mol. The molecule has 0 spiro atoms. The van der Waals surface area contributed by atoms with Crippen molar-refractivity contribution < 1.29 is 13.2 Å². The standard InChI is InChI=1S/C12H12F3N3/c13-12(14,15)7-9-2-1-3-10(6-9)18-8-11-16-4-5-17-11/h1-6,18H,7-8H2,(H,16,17). The molecular formula is C12H12F3N3. The second-order valence-corrected chi connectivity index (χ2v) is 3.88. The number of hydrogen-bond donors (Lipinski definition) is 2. The van der Waals surface area contributed by atoms with Crippen molar-refractivity contribution in [3.8, 4) is 0 Å². The van der Waals surface area contributed by atoms with Crippen molar-refractivity contribution in [2.24, 2.45) is 0 Å². The molecular weight excluding hydrogens is 243 g/mol. The largest absolute Gasteiger partial charge is 0.393 e. The molecule has 0 radical (unpaired) electrons. The average molecular weight is 255 g/mol. The molecule has 0 unspecified atom stereocenters. The molecule has 0 saturated carbocycles. The lowest BCUT2D eigenvalue weighted by atomic mass is 10.1. The molecule has 2 aromatic rings. The van der Waals surface area contributed by atoms with E-state index < -0.39 is 12.6 Å². The van der Waals surface area contributed by atoms with E-state index >= 15 is 0 Å². The second-order valence-electron chi connectivity index (χ2n) is 3.88. The zero-order valence-corrected chi connectivity index (χ0v) is 9.46. The van der Waals surface area contributed by atoms with Crippen molar-refractivity contribution >= 4 is 5.69 Å². The van der Waals surface area contributed by atoms with E-state index in [-0.39, 0.29) is 5.56 Å². The van der Waals surface area contributed by atoms with E-state index in [4.69, 9.17) is 0 Å². The van der Waals surface area contributed by atoms with E-state index in [1.165, 1.54) is 12.1 Å². The van der Waals surface area contributed by atoms with Gasteiger partial charge >= 0.3 is 6.18 Å². The lowest BCUT2D eigenvalue weighted by molar-refractivity contribution is -0.127. The number of benzene rings is 1. The molecule has 2 rings (SSSR count). The first-order valence-corrected chi connectivity index (χ1v) is 5.41. The molecule has 0 aliphatic carbocycles. The highest BCUT2D eigenvalue weighted by atomic mass is 19.4. The molecule has 0 aliphatic heterocycles. The minimum Gasteiger partial charge on any atom is -0.378 e. The zero-order valence-electron chi connectivity index (χ0n) is 9.46. The van der Waals surface area contributed by atoms with Gasteiger partial charge < -0.3 is 10.3 Å². The summed E-state index contributed by atoms with van der Waals surface area (Å²) in [6.07, 6.45) is -1.78. The van der Waals surface area contributed by atoms with Crippen LogP contribution in [0, 0.1) is 0 Å². The molecule has 3 nitrogen and oxygen atoms in total. The van der Waals surface area contributed by atoms with Crippen LogP contribution < -0.4 is 5.32 Å². The molecule has 96 valence electrons. The molecule has 1 heterocycles. The van der Waals surface area contributed by atoms with Crippen molar-refractivity contribution in [1.29, 1.82) is 0 Å². The van der Waals surface area contributed by atoms with Gasteiger partial charge in [0.2, 0.25) is 0 Å². The number of anilines is 1. The van der Waals surface area contributed by atoms with Crippen molar-refractivity contribution in [2.45, 2.75) is 19.1 Å². The fourth-order valence-corrected chi connectivity index (χ4v) is 1.60. The number of H-pyrrole nitrogens is 1. The molecule has 0 aliphatic rings. The molecule has 0 atom stereocenters. The van der Waals surface area contributed by atoms with E-state index in [1.807, 2.05) is 0 Å². The lowest BCUT2D eigenvalue weighted by Gasteiger charge is -2.09.